The Hall–Kier alpha value is -2.14. The van der Waals surface area contributed by atoms with Gasteiger partial charge in [0.2, 0.25) is 0 Å². The molecule has 2 aromatic rings. The molecule has 3 nitrogen and oxygen atoms in total. The van der Waals surface area contributed by atoms with Crippen molar-refractivity contribution in [3.8, 4) is 5.75 Å². The third-order valence-electron chi connectivity index (χ3n) is 2.71. The van der Waals surface area contributed by atoms with Crippen LogP contribution in [0.15, 0.2) is 48.5 Å². The third-order valence-corrected chi connectivity index (χ3v) is 2.96. The van der Waals surface area contributed by atoms with Crippen molar-refractivity contribution in [3.05, 3.63) is 59.9 Å². The number of nitrogens with one attached hydrogen (secondary N) is 2. The second-order valence-electron chi connectivity index (χ2n) is 4.14. The highest BCUT2D eigenvalue weighted by Crippen LogP contribution is 2.13. The van der Waals surface area contributed by atoms with E-state index in [9.17, 15) is 4.39 Å². The molecule has 2 N–H and O–H groups in total. The van der Waals surface area contributed by atoms with E-state index in [4.69, 9.17) is 17.0 Å². The lowest BCUT2D eigenvalue weighted by atomic mass is 10.2. The van der Waals surface area contributed by atoms with E-state index < -0.39 is 0 Å². The van der Waals surface area contributed by atoms with E-state index in [0.29, 0.717) is 17.3 Å². The number of benzene rings is 2. The molecular formula is C15H15FN2OS. The highest BCUT2D eigenvalue weighted by Gasteiger charge is 2.03. The summed E-state index contributed by atoms with van der Waals surface area (Å²) >= 11 is 5.14. The molecule has 0 heterocycles. The molecule has 5 heteroatoms. The molecule has 0 aliphatic carbocycles. The van der Waals surface area contributed by atoms with Gasteiger partial charge in [-0.15, -0.1) is 0 Å². The molecule has 2 rings (SSSR count). The summed E-state index contributed by atoms with van der Waals surface area (Å²) in [7, 11) is 1.62. The number of rotatable bonds is 4. The minimum Gasteiger partial charge on any atom is -0.497 e. The molecule has 0 unspecified atom stereocenters. The van der Waals surface area contributed by atoms with Crippen LogP contribution in [-0.2, 0) is 6.54 Å². The van der Waals surface area contributed by atoms with Gasteiger partial charge in [-0.2, -0.15) is 0 Å². The van der Waals surface area contributed by atoms with Crippen molar-refractivity contribution in [3.63, 3.8) is 0 Å². The Morgan fingerprint density at radius 1 is 1.20 bits per heavy atom. The Balaban J connectivity index is 1.90. The largest absolute Gasteiger partial charge is 0.497 e. The predicted molar refractivity (Wildman–Crippen MR) is 82.5 cm³/mol. The summed E-state index contributed by atoms with van der Waals surface area (Å²) in [5.74, 6) is 0.454. The number of methoxy groups -OCH3 is 1. The first-order valence-corrected chi connectivity index (χ1v) is 6.52. The van der Waals surface area contributed by atoms with Crippen molar-refractivity contribution in [2.75, 3.05) is 12.4 Å². The Morgan fingerprint density at radius 2 is 2.00 bits per heavy atom. The molecule has 0 spiro atoms. The maximum absolute atomic E-state index is 13.4. The summed E-state index contributed by atoms with van der Waals surface area (Å²) in [4.78, 5) is 0. The fourth-order valence-electron chi connectivity index (χ4n) is 1.69. The number of anilines is 1. The zero-order valence-electron chi connectivity index (χ0n) is 11.0. The van der Waals surface area contributed by atoms with Crippen LogP contribution in [0.4, 0.5) is 10.1 Å². The highest BCUT2D eigenvalue weighted by molar-refractivity contribution is 7.80. The van der Waals surface area contributed by atoms with Crippen molar-refractivity contribution >= 4 is 23.0 Å². The summed E-state index contributed by atoms with van der Waals surface area (Å²) in [6.07, 6.45) is 0. The molecule has 104 valence electrons. The molecule has 0 saturated carbocycles. The van der Waals surface area contributed by atoms with Crippen LogP contribution in [0.25, 0.3) is 0 Å². The van der Waals surface area contributed by atoms with Crippen LogP contribution in [0.5, 0.6) is 5.75 Å². The second kappa shape index (κ2) is 6.86. The first kappa shape index (κ1) is 14.3. The quantitative estimate of drug-likeness (QED) is 0.846. The third kappa shape index (κ3) is 3.93. The van der Waals surface area contributed by atoms with Crippen LogP contribution >= 0.6 is 12.2 Å². The van der Waals surface area contributed by atoms with Crippen molar-refractivity contribution in [2.45, 2.75) is 6.54 Å². The first-order chi connectivity index (χ1) is 9.69. The minimum atomic E-state index is -0.335. The molecule has 0 aromatic heterocycles. The normalized spacial score (nSPS) is 9.90. The van der Waals surface area contributed by atoms with Gasteiger partial charge in [-0.3, -0.25) is 0 Å². The molecule has 0 amide bonds. The molecule has 0 atom stereocenters. The van der Waals surface area contributed by atoms with Crippen molar-refractivity contribution in [1.29, 1.82) is 0 Å². The standard InChI is InChI=1S/C15H15FN2OS/c1-19-12-6-4-5-11(9-12)10-17-15(20)18-14-8-3-2-7-13(14)16/h2-9H,10H2,1H3,(H2,17,18,20). The number of halogens is 1. The fraction of sp³-hybridized carbons (Fsp3) is 0.133. The highest BCUT2D eigenvalue weighted by atomic mass is 32.1. The second-order valence-corrected chi connectivity index (χ2v) is 4.55. The van der Waals surface area contributed by atoms with Crippen LogP contribution in [-0.4, -0.2) is 12.2 Å². The Kier molecular flexibility index (Phi) is 4.90. The number of hydrogen-bond donors (Lipinski definition) is 2. The van der Waals surface area contributed by atoms with E-state index >= 15 is 0 Å². The Labute approximate surface area is 122 Å². The molecule has 0 bridgehead atoms. The zero-order valence-corrected chi connectivity index (χ0v) is 11.8. The minimum absolute atomic E-state index is 0.335. The van der Waals surface area contributed by atoms with Gasteiger partial charge in [-0.1, -0.05) is 24.3 Å². The molecule has 20 heavy (non-hydrogen) atoms. The van der Waals surface area contributed by atoms with Crippen molar-refractivity contribution in [2.24, 2.45) is 0 Å². The number of ether oxygens (including phenoxy) is 1. The summed E-state index contributed by atoms with van der Waals surface area (Å²) < 4.78 is 18.6. The monoisotopic (exact) mass is 290 g/mol. The molecule has 0 aliphatic rings. The van der Waals surface area contributed by atoms with Crippen LogP contribution in [0.3, 0.4) is 0 Å². The maximum Gasteiger partial charge on any atom is 0.171 e. The molecule has 2 aromatic carbocycles. The lowest BCUT2D eigenvalue weighted by molar-refractivity contribution is 0.414. The van der Waals surface area contributed by atoms with Gasteiger partial charge in [0.15, 0.2) is 5.11 Å². The Morgan fingerprint density at radius 3 is 2.75 bits per heavy atom. The molecular weight excluding hydrogens is 275 g/mol. The average molecular weight is 290 g/mol. The maximum atomic E-state index is 13.4. The van der Waals surface area contributed by atoms with Crippen LogP contribution < -0.4 is 15.4 Å². The van der Waals surface area contributed by atoms with Gasteiger partial charge < -0.3 is 15.4 Å². The van der Waals surface area contributed by atoms with E-state index in [1.807, 2.05) is 24.3 Å². The topological polar surface area (TPSA) is 33.3 Å². The summed E-state index contributed by atoms with van der Waals surface area (Å²) in [6.45, 7) is 0.539. The Bertz CT molecular complexity index is 604. The van der Waals surface area contributed by atoms with Crippen LogP contribution in [0.1, 0.15) is 5.56 Å². The van der Waals surface area contributed by atoms with Gasteiger partial charge in [0.1, 0.15) is 11.6 Å². The van der Waals surface area contributed by atoms with Crippen molar-refractivity contribution in [1.82, 2.24) is 5.32 Å². The van der Waals surface area contributed by atoms with Crippen LogP contribution in [0, 0.1) is 5.82 Å². The zero-order chi connectivity index (χ0) is 14.4. The smallest absolute Gasteiger partial charge is 0.171 e. The van der Waals surface area contributed by atoms with Gasteiger partial charge in [-0.25, -0.2) is 4.39 Å². The lowest BCUT2D eigenvalue weighted by Crippen LogP contribution is -2.28. The first-order valence-electron chi connectivity index (χ1n) is 6.11. The van der Waals surface area contributed by atoms with E-state index in [0.717, 1.165) is 11.3 Å². The van der Waals surface area contributed by atoms with E-state index in [-0.39, 0.29) is 5.82 Å². The molecule has 0 radical (unpaired) electrons. The van der Waals surface area contributed by atoms with Gasteiger partial charge in [-0.05, 0) is 42.0 Å². The van der Waals surface area contributed by atoms with Crippen LogP contribution in [0.2, 0.25) is 0 Å². The summed E-state index contributed by atoms with van der Waals surface area (Å²) in [5, 5.41) is 6.22. The summed E-state index contributed by atoms with van der Waals surface area (Å²) in [5.41, 5.74) is 1.39. The number of hydrogen-bond acceptors (Lipinski definition) is 2. The summed E-state index contributed by atoms with van der Waals surface area (Å²) in [6, 6.07) is 14.0. The van der Waals surface area contributed by atoms with Gasteiger partial charge in [0.25, 0.3) is 0 Å². The average Bonchev–Trinajstić information content (AvgIpc) is 2.48. The van der Waals surface area contributed by atoms with Gasteiger partial charge >= 0.3 is 0 Å². The van der Waals surface area contributed by atoms with E-state index in [2.05, 4.69) is 10.6 Å². The fourth-order valence-corrected chi connectivity index (χ4v) is 1.88. The number of thiocarbonyl (C=S) groups is 1. The SMILES string of the molecule is COc1cccc(CNC(=S)Nc2ccccc2F)c1. The molecule has 0 fully saturated rings. The predicted octanol–water partition coefficient (Wildman–Crippen LogP) is 3.32. The van der Waals surface area contributed by atoms with Gasteiger partial charge in [0, 0.05) is 6.54 Å². The van der Waals surface area contributed by atoms with E-state index in [1.165, 1.54) is 6.07 Å². The lowest BCUT2D eigenvalue weighted by Gasteiger charge is -2.11. The molecule has 0 aliphatic heterocycles. The van der Waals surface area contributed by atoms with E-state index in [1.54, 1.807) is 25.3 Å². The number of para-hydroxylation sites is 1. The molecule has 0 saturated heterocycles. The van der Waals surface area contributed by atoms with Gasteiger partial charge in [0.05, 0.1) is 12.8 Å². The van der Waals surface area contributed by atoms with Crippen molar-refractivity contribution < 1.29 is 9.13 Å².